The summed E-state index contributed by atoms with van der Waals surface area (Å²) in [5.41, 5.74) is 3.29. The molecule has 0 radical (unpaired) electrons. The van der Waals surface area contributed by atoms with Crippen LogP contribution >= 0.6 is 11.6 Å². The number of amides is 1. The van der Waals surface area contributed by atoms with Crippen molar-refractivity contribution in [3.63, 3.8) is 0 Å². The van der Waals surface area contributed by atoms with Crippen LogP contribution in [0, 0.1) is 5.92 Å². The number of fused-ring (bicyclic) bond motifs is 1. The SMILES string of the molecule is CCCC[C@H](CC)C(=O)N1CCc2cc(OC)c(OC)cc2[C@H]1c1cccc(Cl)c1. The topological polar surface area (TPSA) is 38.8 Å². The van der Waals surface area contributed by atoms with Gasteiger partial charge in [-0.15, -0.1) is 0 Å². The fourth-order valence-electron chi connectivity index (χ4n) is 4.41. The van der Waals surface area contributed by atoms with Gasteiger partial charge in [0.15, 0.2) is 11.5 Å². The lowest BCUT2D eigenvalue weighted by Crippen LogP contribution is -2.43. The summed E-state index contributed by atoms with van der Waals surface area (Å²) in [6.07, 6.45) is 4.76. The number of rotatable bonds is 8. The molecule has 1 aliphatic rings. The number of halogens is 1. The minimum absolute atomic E-state index is 0.0494. The first-order chi connectivity index (χ1) is 14.5. The van der Waals surface area contributed by atoms with Crippen molar-refractivity contribution in [3.05, 3.63) is 58.1 Å². The second kappa shape index (κ2) is 10.2. The zero-order chi connectivity index (χ0) is 21.7. The number of benzene rings is 2. The first kappa shape index (κ1) is 22.5. The second-order valence-electron chi connectivity index (χ2n) is 7.89. The molecule has 0 bridgehead atoms. The molecule has 3 rings (SSSR count). The molecular formula is C25H32ClNO3. The molecule has 5 heteroatoms. The van der Waals surface area contributed by atoms with Crippen LogP contribution in [0.25, 0.3) is 0 Å². The summed E-state index contributed by atoms with van der Waals surface area (Å²) in [5, 5.41) is 0.672. The molecule has 2 atom stereocenters. The van der Waals surface area contributed by atoms with Crippen molar-refractivity contribution in [1.82, 2.24) is 4.90 Å². The fraction of sp³-hybridized carbons (Fsp3) is 0.480. The molecule has 2 aromatic rings. The Hall–Kier alpha value is -2.20. The predicted octanol–water partition coefficient (Wildman–Crippen LogP) is 6.05. The number of ether oxygens (including phenoxy) is 2. The third kappa shape index (κ3) is 4.59. The Kier molecular flexibility index (Phi) is 7.65. The van der Waals surface area contributed by atoms with Crippen LogP contribution in [-0.4, -0.2) is 31.6 Å². The van der Waals surface area contributed by atoms with Crippen molar-refractivity contribution in [3.8, 4) is 11.5 Å². The molecule has 1 amide bonds. The van der Waals surface area contributed by atoms with E-state index in [9.17, 15) is 4.79 Å². The molecule has 30 heavy (non-hydrogen) atoms. The van der Waals surface area contributed by atoms with Gasteiger partial charge in [0.1, 0.15) is 0 Å². The van der Waals surface area contributed by atoms with Crippen LogP contribution in [0.3, 0.4) is 0 Å². The van der Waals surface area contributed by atoms with Crippen LogP contribution in [0.5, 0.6) is 11.5 Å². The second-order valence-corrected chi connectivity index (χ2v) is 8.33. The number of carbonyl (C=O) groups excluding carboxylic acids is 1. The van der Waals surface area contributed by atoms with Crippen molar-refractivity contribution in [2.75, 3.05) is 20.8 Å². The molecule has 0 N–H and O–H groups in total. The summed E-state index contributed by atoms with van der Waals surface area (Å²) in [6.45, 7) is 4.96. The van der Waals surface area contributed by atoms with Crippen molar-refractivity contribution in [2.45, 2.75) is 52.0 Å². The lowest BCUT2D eigenvalue weighted by molar-refractivity contribution is -0.138. The van der Waals surface area contributed by atoms with Gasteiger partial charge in [-0.3, -0.25) is 4.79 Å². The minimum Gasteiger partial charge on any atom is -0.493 e. The third-order valence-corrected chi connectivity index (χ3v) is 6.30. The van der Waals surface area contributed by atoms with E-state index >= 15 is 0 Å². The van der Waals surface area contributed by atoms with Gasteiger partial charge in [-0.25, -0.2) is 0 Å². The molecular weight excluding hydrogens is 398 g/mol. The highest BCUT2D eigenvalue weighted by atomic mass is 35.5. The summed E-state index contributed by atoms with van der Waals surface area (Å²) in [5.74, 6) is 1.68. The predicted molar refractivity (Wildman–Crippen MR) is 122 cm³/mol. The maximum absolute atomic E-state index is 13.6. The van der Waals surface area contributed by atoms with Gasteiger partial charge in [-0.1, -0.05) is 50.4 Å². The molecule has 0 saturated heterocycles. The Bertz CT molecular complexity index is 883. The fourth-order valence-corrected chi connectivity index (χ4v) is 4.61. The van der Waals surface area contributed by atoms with Crippen LogP contribution in [0.4, 0.5) is 0 Å². The molecule has 0 saturated carbocycles. The molecule has 4 nitrogen and oxygen atoms in total. The van der Waals surface area contributed by atoms with Gasteiger partial charge in [0.25, 0.3) is 0 Å². The van der Waals surface area contributed by atoms with Crippen molar-refractivity contribution < 1.29 is 14.3 Å². The Morgan fingerprint density at radius 3 is 2.53 bits per heavy atom. The highest BCUT2D eigenvalue weighted by molar-refractivity contribution is 6.30. The van der Waals surface area contributed by atoms with E-state index in [4.69, 9.17) is 21.1 Å². The zero-order valence-electron chi connectivity index (χ0n) is 18.4. The normalized spacial score (nSPS) is 16.7. The summed E-state index contributed by atoms with van der Waals surface area (Å²) in [4.78, 5) is 15.7. The van der Waals surface area contributed by atoms with Gasteiger partial charge in [0.05, 0.1) is 20.3 Å². The van der Waals surface area contributed by atoms with Crippen molar-refractivity contribution in [1.29, 1.82) is 0 Å². The van der Waals surface area contributed by atoms with Crippen molar-refractivity contribution >= 4 is 17.5 Å². The van der Waals surface area contributed by atoms with Crippen LogP contribution in [0.15, 0.2) is 36.4 Å². The minimum atomic E-state index is -0.185. The summed E-state index contributed by atoms with van der Waals surface area (Å²) in [7, 11) is 3.29. The monoisotopic (exact) mass is 429 g/mol. The highest BCUT2D eigenvalue weighted by Gasteiger charge is 2.35. The van der Waals surface area contributed by atoms with Gasteiger partial charge in [0, 0.05) is 17.5 Å². The third-order valence-electron chi connectivity index (χ3n) is 6.07. The van der Waals surface area contributed by atoms with Gasteiger partial charge >= 0.3 is 0 Å². The molecule has 162 valence electrons. The molecule has 0 aliphatic carbocycles. The maximum atomic E-state index is 13.6. The molecule has 2 aromatic carbocycles. The summed E-state index contributed by atoms with van der Waals surface area (Å²) < 4.78 is 11.1. The highest BCUT2D eigenvalue weighted by Crippen LogP contribution is 2.42. The molecule has 0 spiro atoms. The van der Waals surface area contributed by atoms with E-state index in [-0.39, 0.29) is 17.9 Å². The quantitative estimate of drug-likeness (QED) is 0.512. The van der Waals surface area contributed by atoms with E-state index < -0.39 is 0 Å². The molecule has 1 aliphatic heterocycles. The average molecular weight is 430 g/mol. The van der Waals surface area contributed by atoms with Crippen LogP contribution in [0.1, 0.15) is 62.3 Å². The number of hydrogen-bond donors (Lipinski definition) is 0. The van der Waals surface area contributed by atoms with E-state index in [1.54, 1.807) is 14.2 Å². The van der Waals surface area contributed by atoms with Gasteiger partial charge < -0.3 is 14.4 Å². The van der Waals surface area contributed by atoms with Crippen LogP contribution < -0.4 is 9.47 Å². The lowest BCUT2D eigenvalue weighted by atomic mass is 9.86. The number of hydrogen-bond acceptors (Lipinski definition) is 3. The summed E-state index contributed by atoms with van der Waals surface area (Å²) >= 11 is 6.33. The standard InChI is InChI=1S/C25H32ClNO3/c1-5-7-9-17(6-2)25(28)27-13-12-18-15-22(29-3)23(30-4)16-21(18)24(27)19-10-8-11-20(26)14-19/h8,10-11,14-17,24H,5-7,9,12-13H2,1-4H3/t17-,24+/m0/s1. The summed E-state index contributed by atoms with van der Waals surface area (Å²) in [6, 6.07) is 11.7. The van der Waals surface area contributed by atoms with E-state index in [1.807, 2.05) is 35.2 Å². The Labute approximate surface area is 185 Å². The van der Waals surface area contributed by atoms with E-state index in [0.717, 1.165) is 49.0 Å². The van der Waals surface area contributed by atoms with E-state index in [2.05, 4.69) is 19.9 Å². The maximum Gasteiger partial charge on any atom is 0.226 e. The molecule has 0 aromatic heterocycles. The zero-order valence-corrected chi connectivity index (χ0v) is 19.2. The molecule has 1 heterocycles. The Morgan fingerprint density at radius 2 is 1.90 bits per heavy atom. The smallest absolute Gasteiger partial charge is 0.226 e. The Balaban J connectivity index is 2.09. The first-order valence-corrected chi connectivity index (χ1v) is 11.2. The number of nitrogens with zero attached hydrogens (tertiary/aromatic N) is 1. The van der Waals surface area contributed by atoms with E-state index in [1.165, 1.54) is 5.56 Å². The van der Waals surface area contributed by atoms with Crippen molar-refractivity contribution in [2.24, 2.45) is 5.92 Å². The van der Waals surface area contributed by atoms with Gasteiger partial charge in [-0.05, 0) is 60.2 Å². The number of carbonyl (C=O) groups is 1. The molecule has 0 unspecified atom stereocenters. The van der Waals surface area contributed by atoms with Crippen LogP contribution in [-0.2, 0) is 11.2 Å². The lowest BCUT2D eigenvalue weighted by Gasteiger charge is -2.40. The number of unbranched alkanes of at least 4 members (excludes halogenated alkanes) is 1. The molecule has 0 fully saturated rings. The number of methoxy groups -OCH3 is 2. The largest absolute Gasteiger partial charge is 0.493 e. The van der Waals surface area contributed by atoms with Gasteiger partial charge in [0.2, 0.25) is 5.91 Å². The average Bonchev–Trinajstić information content (AvgIpc) is 2.77. The van der Waals surface area contributed by atoms with E-state index in [0.29, 0.717) is 17.3 Å². The first-order valence-electron chi connectivity index (χ1n) is 10.8. The van der Waals surface area contributed by atoms with Gasteiger partial charge in [-0.2, -0.15) is 0 Å². The van der Waals surface area contributed by atoms with Crippen LogP contribution in [0.2, 0.25) is 5.02 Å². The Morgan fingerprint density at radius 1 is 1.17 bits per heavy atom.